The van der Waals surface area contributed by atoms with E-state index in [0.717, 1.165) is 11.1 Å². The Morgan fingerprint density at radius 2 is 2.21 bits per heavy atom. The molecule has 3 rings (SSSR count). The molecule has 3 aromatic rings. The summed E-state index contributed by atoms with van der Waals surface area (Å²) in [5, 5.41) is 1.77. The molecule has 3 heterocycles. The number of rotatable bonds is 2. The number of hydrogen-bond acceptors (Lipinski definition) is 5. The maximum Gasteiger partial charge on any atom is 0.422 e. The van der Waals surface area contributed by atoms with Crippen LogP contribution in [-0.2, 0) is 6.54 Å². The molecule has 0 radical (unpaired) electrons. The van der Waals surface area contributed by atoms with E-state index < -0.39 is 11.4 Å². The van der Waals surface area contributed by atoms with Crippen LogP contribution in [0.4, 0.5) is 0 Å². The zero-order valence-electron chi connectivity index (χ0n) is 10.1. The van der Waals surface area contributed by atoms with Crippen molar-refractivity contribution in [3.63, 3.8) is 0 Å². The first-order valence-electron chi connectivity index (χ1n) is 5.67. The van der Waals surface area contributed by atoms with E-state index in [1.54, 1.807) is 23.8 Å². The minimum atomic E-state index is -0.641. The number of fused-ring (bicyclic) bond motifs is 1. The van der Waals surface area contributed by atoms with Crippen molar-refractivity contribution >= 4 is 21.6 Å². The van der Waals surface area contributed by atoms with Crippen molar-refractivity contribution in [3.05, 3.63) is 62.0 Å². The Labute approximate surface area is 111 Å². The second-order valence-corrected chi connectivity index (χ2v) is 5.16. The molecule has 3 aromatic heterocycles. The van der Waals surface area contributed by atoms with Gasteiger partial charge in [-0.25, -0.2) is 9.59 Å². The maximum atomic E-state index is 11.8. The van der Waals surface area contributed by atoms with E-state index in [9.17, 15) is 9.59 Å². The molecule has 0 saturated carbocycles. The molecule has 96 valence electrons. The lowest BCUT2D eigenvalue weighted by Gasteiger charge is -2.06. The summed E-state index contributed by atoms with van der Waals surface area (Å²) in [6.45, 7) is 2.27. The molecule has 0 aliphatic rings. The third-order valence-electron chi connectivity index (χ3n) is 2.79. The van der Waals surface area contributed by atoms with Crippen molar-refractivity contribution in [2.75, 3.05) is 0 Å². The van der Waals surface area contributed by atoms with E-state index in [0.29, 0.717) is 16.8 Å². The van der Waals surface area contributed by atoms with Crippen molar-refractivity contribution < 1.29 is 4.42 Å². The number of thiophene rings is 1. The van der Waals surface area contributed by atoms with Gasteiger partial charge in [0.05, 0.1) is 12.1 Å². The summed E-state index contributed by atoms with van der Waals surface area (Å²) in [6, 6.07) is 3.70. The number of aromatic nitrogens is 2. The van der Waals surface area contributed by atoms with Gasteiger partial charge in [0.2, 0.25) is 0 Å². The molecule has 0 amide bonds. The molecule has 0 bridgehead atoms. The molecule has 0 aromatic carbocycles. The Bertz CT molecular complexity index is 860. The summed E-state index contributed by atoms with van der Waals surface area (Å²) in [4.78, 5) is 27.4. The zero-order valence-corrected chi connectivity index (χ0v) is 10.9. The smallest absolute Gasteiger partial charge is 0.371 e. The van der Waals surface area contributed by atoms with Crippen LogP contribution in [0.15, 0.2) is 43.9 Å². The van der Waals surface area contributed by atoms with Gasteiger partial charge in [-0.3, -0.25) is 9.55 Å². The van der Waals surface area contributed by atoms with Crippen molar-refractivity contribution in [3.8, 4) is 0 Å². The van der Waals surface area contributed by atoms with E-state index >= 15 is 0 Å². The number of pyridine rings is 1. The molecule has 0 fully saturated rings. The summed E-state index contributed by atoms with van der Waals surface area (Å²) < 4.78 is 6.63. The normalized spacial score (nSPS) is 11.0. The highest BCUT2D eigenvalue weighted by molar-refractivity contribution is 7.17. The highest BCUT2D eigenvalue weighted by Gasteiger charge is 2.11. The van der Waals surface area contributed by atoms with Crippen molar-refractivity contribution in [1.82, 2.24) is 9.55 Å². The predicted molar refractivity (Wildman–Crippen MR) is 72.7 cm³/mol. The quantitative estimate of drug-likeness (QED) is 0.714. The first-order chi connectivity index (χ1) is 9.15. The molecule has 0 aliphatic carbocycles. The van der Waals surface area contributed by atoms with E-state index in [1.807, 2.05) is 13.0 Å². The van der Waals surface area contributed by atoms with Gasteiger partial charge in [-0.2, -0.15) is 0 Å². The Morgan fingerprint density at radius 3 is 3.00 bits per heavy atom. The largest absolute Gasteiger partial charge is 0.422 e. The van der Waals surface area contributed by atoms with Gasteiger partial charge < -0.3 is 4.42 Å². The van der Waals surface area contributed by atoms with Gasteiger partial charge in [-0.1, -0.05) is 6.07 Å². The van der Waals surface area contributed by atoms with Crippen molar-refractivity contribution in [2.24, 2.45) is 0 Å². The summed E-state index contributed by atoms with van der Waals surface area (Å²) in [5.41, 5.74) is 1.94. The third-order valence-corrected chi connectivity index (χ3v) is 3.68. The van der Waals surface area contributed by atoms with Crippen LogP contribution in [0.2, 0.25) is 0 Å². The van der Waals surface area contributed by atoms with Gasteiger partial charge in [0.1, 0.15) is 4.70 Å². The molecule has 0 saturated heterocycles. The van der Waals surface area contributed by atoms with Crippen LogP contribution >= 0.6 is 11.3 Å². The van der Waals surface area contributed by atoms with E-state index in [4.69, 9.17) is 4.42 Å². The molecule has 5 nitrogen and oxygen atoms in total. The molecule has 0 unspecified atom stereocenters. The van der Waals surface area contributed by atoms with Gasteiger partial charge >= 0.3 is 11.4 Å². The Kier molecular flexibility index (Phi) is 2.79. The highest BCUT2D eigenvalue weighted by Crippen LogP contribution is 2.16. The SMILES string of the molecule is Cc1cncc(Cn2c(=O)oc(=O)c3sccc32)c1. The van der Waals surface area contributed by atoms with Crippen LogP contribution in [0.3, 0.4) is 0 Å². The number of aryl methyl sites for hydroxylation is 1. The average molecular weight is 274 g/mol. The Morgan fingerprint density at radius 1 is 1.37 bits per heavy atom. The van der Waals surface area contributed by atoms with E-state index in [-0.39, 0.29) is 0 Å². The molecular weight excluding hydrogens is 264 g/mol. The van der Waals surface area contributed by atoms with Crippen LogP contribution in [-0.4, -0.2) is 9.55 Å². The lowest BCUT2D eigenvalue weighted by Crippen LogP contribution is -2.24. The summed E-state index contributed by atoms with van der Waals surface area (Å²) in [6.07, 6.45) is 3.44. The first kappa shape index (κ1) is 11.9. The van der Waals surface area contributed by atoms with Crippen molar-refractivity contribution in [1.29, 1.82) is 0 Å². The standard InChI is InChI=1S/C13H10N2O3S/c1-8-4-9(6-14-5-8)7-15-10-2-3-19-11(10)12(16)18-13(15)17/h2-6H,7H2,1H3. The topological polar surface area (TPSA) is 65.1 Å². The highest BCUT2D eigenvalue weighted by atomic mass is 32.1. The number of nitrogens with zero attached hydrogens (tertiary/aromatic N) is 2. The summed E-state index contributed by atoms with van der Waals surface area (Å²) >= 11 is 1.27. The zero-order chi connectivity index (χ0) is 13.4. The molecule has 6 heteroatoms. The first-order valence-corrected chi connectivity index (χ1v) is 6.55. The van der Waals surface area contributed by atoms with Crippen LogP contribution in [0, 0.1) is 6.92 Å². The fraction of sp³-hybridized carbons (Fsp3) is 0.154. The fourth-order valence-electron chi connectivity index (χ4n) is 1.98. The van der Waals surface area contributed by atoms with E-state index in [1.165, 1.54) is 15.9 Å². The fourth-order valence-corrected chi connectivity index (χ4v) is 2.75. The van der Waals surface area contributed by atoms with Crippen LogP contribution in [0.5, 0.6) is 0 Å². The van der Waals surface area contributed by atoms with Gasteiger partial charge in [0, 0.05) is 12.4 Å². The van der Waals surface area contributed by atoms with Crippen LogP contribution < -0.4 is 11.4 Å². The minimum absolute atomic E-state index is 0.338. The Hall–Kier alpha value is -2.21. The second-order valence-electron chi connectivity index (χ2n) is 4.25. The summed E-state index contributed by atoms with van der Waals surface area (Å²) in [7, 11) is 0. The maximum absolute atomic E-state index is 11.8. The van der Waals surface area contributed by atoms with E-state index in [2.05, 4.69) is 4.98 Å². The molecule has 19 heavy (non-hydrogen) atoms. The molecule has 0 N–H and O–H groups in total. The molecule has 0 spiro atoms. The average Bonchev–Trinajstić information content (AvgIpc) is 2.84. The second kappa shape index (κ2) is 4.47. The lowest BCUT2D eigenvalue weighted by atomic mass is 10.2. The Balaban J connectivity index is 2.18. The third kappa shape index (κ3) is 2.10. The monoisotopic (exact) mass is 274 g/mol. The molecular formula is C13H10N2O3S. The van der Waals surface area contributed by atoms with Crippen LogP contribution in [0.1, 0.15) is 11.1 Å². The van der Waals surface area contributed by atoms with Crippen LogP contribution in [0.25, 0.3) is 10.2 Å². The predicted octanol–water partition coefficient (Wildman–Crippen LogP) is 1.77. The van der Waals surface area contributed by atoms with Gasteiger partial charge in [0.25, 0.3) is 0 Å². The van der Waals surface area contributed by atoms with Gasteiger partial charge in [-0.05, 0) is 29.5 Å². The van der Waals surface area contributed by atoms with Gasteiger partial charge in [-0.15, -0.1) is 11.3 Å². The lowest BCUT2D eigenvalue weighted by molar-refractivity contribution is 0.426. The van der Waals surface area contributed by atoms with Gasteiger partial charge in [0.15, 0.2) is 0 Å². The minimum Gasteiger partial charge on any atom is -0.371 e. The molecule has 0 aliphatic heterocycles. The summed E-state index contributed by atoms with van der Waals surface area (Å²) in [5.74, 6) is -0.641. The van der Waals surface area contributed by atoms with Crippen molar-refractivity contribution in [2.45, 2.75) is 13.5 Å². The molecule has 0 atom stereocenters. The number of hydrogen-bond donors (Lipinski definition) is 0.